The zero-order valence-electron chi connectivity index (χ0n) is 22.6. The topological polar surface area (TPSA) is 74.6 Å². The van der Waals surface area contributed by atoms with E-state index in [1.54, 1.807) is 0 Å². The van der Waals surface area contributed by atoms with Gasteiger partial charge in [-0.15, -0.1) is 0 Å². The van der Waals surface area contributed by atoms with Gasteiger partial charge in [-0.1, -0.05) is 64.8 Å². The summed E-state index contributed by atoms with van der Waals surface area (Å²) in [6, 6.07) is 0. The predicted octanol–water partition coefficient (Wildman–Crippen LogP) is 7.58. The summed E-state index contributed by atoms with van der Waals surface area (Å²) in [7, 11) is 0. The minimum absolute atomic E-state index is 0. The largest absolute Gasteiger partial charge is 0.478 e. The van der Waals surface area contributed by atoms with Gasteiger partial charge >= 0.3 is 11.9 Å². The fraction of sp³-hybridized carbons (Fsp3) is 0.643. The third-order valence-electron chi connectivity index (χ3n) is 7.54. The smallest absolute Gasteiger partial charge is 0.331 e. The summed E-state index contributed by atoms with van der Waals surface area (Å²) in [5, 5.41) is 18.5. The van der Waals surface area contributed by atoms with Crippen LogP contribution in [0.2, 0.25) is 0 Å². The van der Waals surface area contributed by atoms with Crippen LogP contribution in [0, 0.1) is 22.7 Å². The normalized spacial score (nSPS) is 23.5. The maximum absolute atomic E-state index is 11.3. The Hall–Kier alpha value is -1.48. The van der Waals surface area contributed by atoms with Gasteiger partial charge < -0.3 is 10.2 Å². The van der Waals surface area contributed by atoms with Gasteiger partial charge in [0.2, 0.25) is 0 Å². The van der Waals surface area contributed by atoms with Gasteiger partial charge in [-0.25, -0.2) is 9.59 Å². The SMILES string of the molecule is CC(C)=CC1=C(C(=O)O)CCC(C)C1(C)C.CC(C)=CC1=C(C(=O)O)CCC(C)C1(C)C.[Zn]. The molecule has 2 unspecified atom stereocenters. The van der Waals surface area contributed by atoms with Crippen LogP contribution in [-0.4, -0.2) is 22.2 Å². The second-order valence-electron chi connectivity index (χ2n) is 11.2. The quantitative estimate of drug-likeness (QED) is 0.383. The van der Waals surface area contributed by atoms with E-state index >= 15 is 0 Å². The van der Waals surface area contributed by atoms with Gasteiger partial charge in [-0.2, -0.15) is 0 Å². The molecule has 0 aromatic rings. The molecule has 2 atom stereocenters. The zero-order chi connectivity index (χ0) is 25.0. The van der Waals surface area contributed by atoms with Crippen molar-refractivity contribution in [3.63, 3.8) is 0 Å². The molecule has 0 radical (unpaired) electrons. The predicted molar refractivity (Wildman–Crippen MR) is 133 cm³/mol. The molecular weight excluding hydrogens is 466 g/mol. The first-order valence-electron chi connectivity index (χ1n) is 11.8. The van der Waals surface area contributed by atoms with E-state index in [1.165, 1.54) is 0 Å². The average Bonchev–Trinajstić information content (AvgIpc) is 2.63. The van der Waals surface area contributed by atoms with Crippen LogP contribution in [0.15, 0.2) is 45.6 Å². The third kappa shape index (κ3) is 7.77. The summed E-state index contributed by atoms with van der Waals surface area (Å²) >= 11 is 0. The molecule has 2 aliphatic carbocycles. The molecule has 0 fully saturated rings. The Bertz CT molecular complexity index is 788. The minimum atomic E-state index is -0.757. The summed E-state index contributed by atoms with van der Waals surface area (Å²) < 4.78 is 0. The fourth-order valence-corrected chi connectivity index (χ4v) is 4.59. The number of aliphatic carboxylic acids is 2. The van der Waals surface area contributed by atoms with Crippen molar-refractivity contribution in [1.82, 2.24) is 0 Å². The first-order chi connectivity index (χ1) is 14.5. The molecule has 33 heavy (non-hydrogen) atoms. The van der Waals surface area contributed by atoms with E-state index in [0.717, 1.165) is 35.1 Å². The minimum Gasteiger partial charge on any atom is -0.478 e. The summed E-state index contributed by atoms with van der Waals surface area (Å²) in [5.74, 6) is -0.456. The van der Waals surface area contributed by atoms with Gasteiger partial charge in [0.15, 0.2) is 0 Å². The molecular formula is C28H44O4Zn. The Labute approximate surface area is 214 Å². The van der Waals surface area contributed by atoms with Crippen molar-refractivity contribution < 1.29 is 39.3 Å². The Kier molecular flexibility index (Phi) is 11.7. The van der Waals surface area contributed by atoms with Gasteiger partial charge in [-0.05, 0) is 87.2 Å². The molecule has 0 spiro atoms. The van der Waals surface area contributed by atoms with E-state index in [4.69, 9.17) is 0 Å². The standard InChI is InChI=1S/2C14H22O2.Zn/c2*1-9(2)8-12-11(13(15)16)7-6-10(3)14(12,4)5;/h2*8,10H,6-7H2,1-5H3,(H,15,16);. The molecule has 4 nitrogen and oxygen atoms in total. The van der Waals surface area contributed by atoms with Crippen LogP contribution in [0.3, 0.4) is 0 Å². The van der Waals surface area contributed by atoms with Crippen LogP contribution in [0.1, 0.15) is 94.9 Å². The van der Waals surface area contributed by atoms with Crippen molar-refractivity contribution in [2.24, 2.45) is 22.7 Å². The number of carboxylic acids is 2. The van der Waals surface area contributed by atoms with Crippen LogP contribution in [0.4, 0.5) is 0 Å². The second kappa shape index (κ2) is 12.3. The molecule has 0 saturated heterocycles. The van der Waals surface area contributed by atoms with Gasteiger partial charge in [-0.3, -0.25) is 0 Å². The van der Waals surface area contributed by atoms with Gasteiger partial charge in [0, 0.05) is 30.6 Å². The molecule has 0 aromatic carbocycles. The number of allylic oxidation sites excluding steroid dienone is 6. The summed E-state index contributed by atoms with van der Waals surface area (Å²) in [4.78, 5) is 22.5. The third-order valence-corrected chi connectivity index (χ3v) is 7.54. The number of carbonyl (C=O) groups is 2. The van der Waals surface area contributed by atoms with E-state index < -0.39 is 11.9 Å². The van der Waals surface area contributed by atoms with E-state index in [2.05, 4.69) is 41.5 Å². The molecule has 0 bridgehead atoms. The Balaban J connectivity index is 0.000000602. The van der Waals surface area contributed by atoms with Crippen LogP contribution in [-0.2, 0) is 29.1 Å². The summed E-state index contributed by atoms with van der Waals surface area (Å²) in [6.07, 6.45) is 7.40. The first-order valence-corrected chi connectivity index (χ1v) is 11.8. The second-order valence-corrected chi connectivity index (χ2v) is 11.2. The number of rotatable bonds is 4. The van der Waals surface area contributed by atoms with Gasteiger partial charge in [0.1, 0.15) is 0 Å². The maximum atomic E-state index is 11.3. The van der Waals surface area contributed by atoms with Crippen LogP contribution >= 0.6 is 0 Å². The van der Waals surface area contributed by atoms with Crippen molar-refractivity contribution in [2.45, 2.75) is 94.9 Å². The molecule has 0 aromatic heterocycles. The molecule has 2 N–H and O–H groups in total. The van der Waals surface area contributed by atoms with E-state index in [9.17, 15) is 19.8 Å². The number of hydrogen-bond acceptors (Lipinski definition) is 2. The molecule has 0 heterocycles. The van der Waals surface area contributed by atoms with E-state index in [-0.39, 0.29) is 30.3 Å². The Morgan fingerprint density at radius 2 is 1.00 bits per heavy atom. The maximum Gasteiger partial charge on any atom is 0.331 e. The van der Waals surface area contributed by atoms with Crippen LogP contribution < -0.4 is 0 Å². The average molecular weight is 510 g/mol. The van der Waals surface area contributed by atoms with Crippen molar-refractivity contribution >= 4 is 11.9 Å². The van der Waals surface area contributed by atoms with Crippen molar-refractivity contribution in [2.75, 3.05) is 0 Å². The first kappa shape index (κ1) is 31.5. The van der Waals surface area contributed by atoms with Crippen molar-refractivity contribution in [3.05, 3.63) is 45.6 Å². The Morgan fingerprint density at radius 3 is 1.21 bits per heavy atom. The molecule has 2 aliphatic rings. The molecule has 182 valence electrons. The molecule has 0 saturated carbocycles. The Morgan fingerprint density at radius 1 is 0.727 bits per heavy atom. The van der Waals surface area contributed by atoms with E-state index in [1.807, 2.05) is 39.8 Å². The summed E-state index contributed by atoms with van der Waals surface area (Å²) in [5.41, 5.74) is 5.48. The van der Waals surface area contributed by atoms with Crippen LogP contribution in [0.5, 0.6) is 0 Å². The van der Waals surface area contributed by atoms with Gasteiger partial charge in [0.05, 0.1) is 0 Å². The van der Waals surface area contributed by atoms with Crippen molar-refractivity contribution in [1.29, 1.82) is 0 Å². The van der Waals surface area contributed by atoms with Gasteiger partial charge in [0.25, 0.3) is 0 Å². The van der Waals surface area contributed by atoms with E-state index in [0.29, 0.717) is 35.8 Å². The monoisotopic (exact) mass is 508 g/mol. The molecule has 5 heteroatoms. The molecule has 2 rings (SSSR count). The molecule has 0 amide bonds. The summed E-state index contributed by atoms with van der Waals surface area (Å²) in [6.45, 7) is 21.1. The molecule has 0 aliphatic heterocycles. The zero-order valence-corrected chi connectivity index (χ0v) is 25.5. The van der Waals surface area contributed by atoms with Crippen LogP contribution in [0.25, 0.3) is 0 Å². The fourth-order valence-electron chi connectivity index (χ4n) is 4.59. The number of hydrogen-bond donors (Lipinski definition) is 2. The number of carboxylic acid groups (broad SMARTS) is 2. The van der Waals surface area contributed by atoms with Crippen molar-refractivity contribution in [3.8, 4) is 0 Å².